The molecule has 20 heteroatoms. The summed E-state index contributed by atoms with van der Waals surface area (Å²) in [6.45, 7) is 0.839. The van der Waals surface area contributed by atoms with E-state index in [9.17, 15) is 45.3 Å². The molecule has 1 aromatic carbocycles. The Morgan fingerprint density at radius 2 is 1.44 bits per heavy atom. The van der Waals surface area contributed by atoms with Gasteiger partial charge >= 0.3 is 5.97 Å². The molecule has 0 spiro atoms. The van der Waals surface area contributed by atoms with E-state index in [1.807, 2.05) is 0 Å². The zero-order valence-corrected chi connectivity index (χ0v) is 29.0. The predicted molar refractivity (Wildman–Crippen MR) is 173 cm³/mol. The summed E-state index contributed by atoms with van der Waals surface area (Å²) in [5.41, 5.74) is 9.01. The molecule has 0 aliphatic carbocycles. The van der Waals surface area contributed by atoms with Crippen LogP contribution in [0.25, 0.3) is 6.08 Å². The van der Waals surface area contributed by atoms with E-state index in [2.05, 4.69) is 10.8 Å². The summed E-state index contributed by atoms with van der Waals surface area (Å²) in [4.78, 5) is 30.0. The van der Waals surface area contributed by atoms with Crippen LogP contribution in [0.1, 0.15) is 19.4 Å². The SMILES string of the molecule is COc1cc(/C=C/C(=O)ONC2C(O[C@@H]3C(CO)OC(OC)C(NC(C)=O)[C@H]3O)OC(CO)[C@@H](OC3OC(CO)[C@@H](C)[C@H](O)C3N)[C@@H]2O)ccc1O. The number of phenolic OH excluding ortho intramolecular Hbond substituents is 1. The fraction of sp³-hybridized carbons (Fsp3) is 0.688. The maximum atomic E-state index is 12.8. The summed E-state index contributed by atoms with van der Waals surface area (Å²) in [6, 6.07) is 0.396. The number of aromatic hydroxyl groups is 1. The molecule has 1 amide bonds. The number of ether oxygens (including phenoxy) is 7. The molecule has 52 heavy (non-hydrogen) atoms. The van der Waals surface area contributed by atoms with Crippen molar-refractivity contribution in [2.45, 2.75) is 99.7 Å². The molecule has 1 aromatic rings. The molecule has 0 saturated carbocycles. The quantitative estimate of drug-likeness (QED) is 0.0640. The number of amides is 1. The van der Waals surface area contributed by atoms with E-state index in [1.165, 1.54) is 45.4 Å². The van der Waals surface area contributed by atoms with E-state index in [1.54, 1.807) is 6.92 Å². The van der Waals surface area contributed by atoms with Gasteiger partial charge in [-0.3, -0.25) is 4.79 Å². The molecular formula is C32H49N3O17. The normalized spacial score (nSPS) is 38.2. The maximum Gasteiger partial charge on any atom is 0.349 e. The molecule has 15 atom stereocenters. The monoisotopic (exact) mass is 747 g/mol. The molecular weight excluding hydrogens is 698 g/mol. The number of phenols is 1. The number of methoxy groups -OCH3 is 2. The van der Waals surface area contributed by atoms with Crippen LogP contribution in [0.5, 0.6) is 11.5 Å². The van der Waals surface area contributed by atoms with Gasteiger partial charge in [-0.25, -0.2) is 4.79 Å². The van der Waals surface area contributed by atoms with Gasteiger partial charge in [-0.05, 0) is 23.8 Å². The van der Waals surface area contributed by atoms with Gasteiger partial charge in [0.2, 0.25) is 5.91 Å². The van der Waals surface area contributed by atoms with Crippen molar-refractivity contribution in [1.29, 1.82) is 0 Å². The first-order chi connectivity index (χ1) is 24.8. The third-order valence-corrected chi connectivity index (χ3v) is 9.12. The summed E-state index contributed by atoms with van der Waals surface area (Å²) >= 11 is 0. The highest BCUT2D eigenvalue weighted by molar-refractivity contribution is 5.87. The highest BCUT2D eigenvalue weighted by Crippen LogP contribution is 2.33. The van der Waals surface area contributed by atoms with Gasteiger partial charge in [0.25, 0.3) is 0 Å². The predicted octanol–water partition coefficient (Wildman–Crippen LogP) is -4.05. The Hall–Kier alpha value is -3.06. The van der Waals surface area contributed by atoms with Crippen LogP contribution in [0.3, 0.4) is 0 Å². The second-order valence-electron chi connectivity index (χ2n) is 12.6. The van der Waals surface area contributed by atoms with Crippen molar-refractivity contribution in [3.63, 3.8) is 0 Å². The molecule has 4 rings (SSSR count). The van der Waals surface area contributed by atoms with Crippen molar-refractivity contribution in [2.24, 2.45) is 11.7 Å². The van der Waals surface area contributed by atoms with Crippen LogP contribution < -0.4 is 21.3 Å². The summed E-state index contributed by atoms with van der Waals surface area (Å²) in [7, 11) is 2.62. The van der Waals surface area contributed by atoms with Crippen molar-refractivity contribution in [3.8, 4) is 11.5 Å². The molecule has 0 bridgehead atoms. The number of nitrogens with two attached hydrogens (primary N) is 1. The van der Waals surface area contributed by atoms with Gasteiger partial charge in [0.15, 0.2) is 30.4 Å². The number of hydrogen-bond donors (Lipinski definition) is 10. The first kappa shape index (κ1) is 41.7. The first-order valence-electron chi connectivity index (χ1n) is 16.5. The van der Waals surface area contributed by atoms with Crippen molar-refractivity contribution in [3.05, 3.63) is 29.8 Å². The number of benzene rings is 1. The molecule has 294 valence electrons. The van der Waals surface area contributed by atoms with Crippen LogP contribution in [0.4, 0.5) is 0 Å². The number of carbonyl (C=O) groups excluding carboxylic acids is 2. The van der Waals surface area contributed by atoms with Gasteiger partial charge in [-0.1, -0.05) is 13.0 Å². The van der Waals surface area contributed by atoms with Gasteiger partial charge < -0.3 is 84.8 Å². The van der Waals surface area contributed by atoms with Gasteiger partial charge in [0.05, 0.1) is 45.2 Å². The third kappa shape index (κ3) is 9.53. The summed E-state index contributed by atoms with van der Waals surface area (Å²) in [5.74, 6) is -2.07. The lowest BCUT2D eigenvalue weighted by Gasteiger charge is -2.49. The first-order valence-corrected chi connectivity index (χ1v) is 16.5. The van der Waals surface area contributed by atoms with E-state index in [4.69, 9.17) is 43.7 Å². The highest BCUT2D eigenvalue weighted by Gasteiger charge is 2.54. The number of hydrogen-bond acceptors (Lipinski definition) is 19. The lowest BCUT2D eigenvalue weighted by Crippen LogP contribution is -2.70. The van der Waals surface area contributed by atoms with E-state index < -0.39 is 123 Å². The lowest BCUT2D eigenvalue weighted by molar-refractivity contribution is -0.355. The van der Waals surface area contributed by atoms with Crippen LogP contribution in [-0.2, 0) is 42.8 Å². The number of carbonyl (C=O) groups is 2. The molecule has 3 fully saturated rings. The minimum atomic E-state index is -1.78. The number of aliphatic hydroxyl groups is 6. The fourth-order valence-electron chi connectivity index (χ4n) is 6.18. The topological polar surface area (TPSA) is 300 Å². The third-order valence-electron chi connectivity index (χ3n) is 9.12. The number of hydroxylamine groups is 1. The molecule has 9 unspecified atom stereocenters. The Bertz CT molecular complexity index is 1360. The molecule has 11 N–H and O–H groups in total. The van der Waals surface area contributed by atoms with Crippen LogP contribution in [0.15, 0.2) is 24.3 Å². The van der Waals surface area contributed by atoms with E-state index in [0.29, 0.717) is 5.56 Å². The summed E-state index contributed by atoms with van der Waals surface area (Å²) in [5, 5.41) is 76.3. The van der Waals surface area contributed by atoms with Gasteiger partial charge in [-0.15, -0.1) is 5.48 Å². The molecule has 3 aliphatic heterocycles. The Balaban J connectivity index is 1.60. The minimum Gasteiger partial charge on any atom is -0.504 e. The molecule has 3 saturated heterocycles. The van der Waals surface area contributed by atoms with Crippen LogP contribution in [0, 0.1) is 5.92 Å². The summed E-state index contributed by atoms with van der Waals surface area (Å²) in [6.07, 6.45) is -13.0. The van der Waals surface area contributed by atoms with Crippen LogP contribution in [0.2, 0.25) is 0 Å². The zero-order chi connectivity index (χ0) is 38.3. The van der Waals surface area contributed by atoms with Gasteiger partial charge in [0, 0.05) is 26.0 Å². The Labute approximate surface area is 298 Å². The average molecular weight is 748 g/mol. The summed E-state index contributed by atoms with van der Waals surface area (Å²) < 4.78 is 39.8. The lowest BCUT2D eigenvalue weighted by atomic mass is 9.89. The zero-order valence-electron chi connectivity index (χ0n) is 29.0. The number of rotatable bonds is 14. The Kier molecular flexibility index (Phi) is 15.1. The largest absolute Gasteiger partial charge is 0.504 e. The highest BCUT2D eigenvalue weighted by atomic mass is 16.8. The second kappa shape index (κ2) is 18.8. The van der Waals surface area contributed by atoms with Crippen LogP contribution in [-0.4, -0.2) is 167 Å². The van der Waals surface area contributed by atoms with E-state index >= 15 is 0 Å². The van der Waals surface area contributed by atoms with Crippen molar-refractivity contribution >= 4 is 18.0 Å². The second-order valence-corrected chi connectivity index (χ2v) is 12.6. The number of aliphatic hydroxyl groups excluding tert-OH is 6. The van der Waals surface area contributed by atoms with Crippen molar-refractivity contribution in [2.75, 3.05) is 34.0 Å². The molecule has 3 aliphatic rings. The van der Waals surface area contributed by atoms with Gasteiger partial charge in [0.1, 0.15) is 48.7 Å². The Morgan fingerprint density at radius 1 is 0.865 bits per heavy atom. The van der Waals surface area contributed by atoms with E-state index in [-0.39, 0.29) is 11.5 Å². The van der Waals surface area contributed by atoms with Crippen molar-refractivity contribution in [1.82, 2.24) is 10.8 Å². The smallest absolute Gasteiger partial charge is 0.349 e. The fourth-order valence-corrected chi connectivity index (χ4v) is 6.18. The standard InChI is InChI=1S/C32H49N3O17/c1-13-18(10-36)47-30(22(33)25(13)42)50-29-20(12-38)49-32(51-28-19(11-37)48-31(46-4)23(26(28)43)34-14(2)39)24(27(29)44)35-52-21(41)8-6-15-5-7-16(40)17(9-15)45-3/h5-9,13,18-20,22-32,35-38,40,42-44H,10-12,33H2,1-4H3,(H,34,39)/b8-6+/t13-,18?,19?,20?,22?,23?,24?,25+,26-,27-,28-,29-,30?,31?,32?/m1/s1. The molecule has 0 aromatic heterocycles. The van der Waals surface area contributed by atoms with Crippen LogP contribution >= 0.6 is 0 Å². The Morgan fingerprint density at radius 3 is 2.02 bits per heavy atom. The average Bonchev–Trinajstić information content (AvgIpc) is 3.13. The number of nitrogens with one attached hydrogen (secondary N) is 2. The maximum absolute atomic E-state index is 12.8. The van der Waals surface area contributed by atoms with Crippen molar-refractivity contribution < 1.29 is 83.3 Å². The molecule has 3 heterocycles. The van der Waals surface area contributed by atoms with E-state index in [0.717, 1.165) is 6.08 Å². The van der Waals surface area contributed by atoms with Gasteiger partial charge in [-0.2, -0.15) is 0 Å². The molecule has 0 radical (unpaired) electrons. The molecule has 20 nitrogen and oxygen atoms in total. The minimum absolute atomic E-state index is 0.118.